The van der Waals surface area contributed by atoms with E-state index in [1.54, 1.807) is 11.8 Å². The molecule has 0 radical (unpaired) electrons. The number of thioether (sulfide) groups is 1. The number of carbonyl (C=O) groups is 1. The minimum atomic E-state index is -1.58. The average Bonchev–Trinajstić information content (AvgIpc) is 2.28. The molecule has 0 saturated carbocycles. The van der Waals surface area contributed by atoms with Gasteiger partial charge in [0, 0.05) is 30.3 Å². The van der Waals surface area contributed by atoms with Crippen molar-refractivity contribution in [3.63, 3.8) is 0 Å². The lowest BCUT2D eigenvalue weighted by atomic mass is 10.1. The van der Waals surface area contributed by atoms with E-state index in [4.69, 9.17) is 5.11 Å². The Morgan fingerprint density at radius 3 is 2.24 bits per heavy atom. The van der Waals surface area contributed by atoms with Gasteiger partial charge >= 0.3 is 5.97 Å². The second kappa shape index (κ2) is 4.91. The molecule has 0 bridgehead atoms. The highest BCUT2D eigenvalue weighted by atomic mass is 32.2. The minimum Gasteiger partial charge on any atom is -0.477 e. The molecule has 1 saturated heterocycles. The maximum atomic E-state index is 13.5. The molecule has 1 aliphatic rings. The number of carboxylic acid groups (broad SMARTS) is 1. The first-order valence-electron chi connectivity index (χ1n) is 5.14. The molecule has 17 heavy (non-hydrogen) atoms. The van der Waals surface area contributed by atoms with Crippen LogP contribution in [0.3, 0.4) is 0 Å². The zero-order chi connectivity index (χ0) is 12.4. The Morgan fingerprint density at radius 1 is 1.24 bits per heavy atom. The number of anilines is 1. The van der Waals surface area contributed by atoms with Crippen LogP contribution in [0, 0.1) is 11.6 Å². The highest BCUT2D eigenvalue weighted by Crippen LogP contribution is 2.24. The summed E-state index contributed by atoms with van der Waals surface area (Å²) in [5, 5.41) is 8.65. The summed E-state index contributed by atoms with van der Waals surface area (Å²) in [6.45, 7) is 1.44. The summed E-state index contributed by atoms with van der Waals surface area (Å²) < 4.78 is 26.9. The summed E-state index contributed by atoms with van der Waals surface area (Å²) in [6.07, 6.45) is 0. The number of halogens is 2. The monoisotopic (exact) mass is 259 g/mol. The van der Waals surface area contributed by atoms with Crippen LogP contribution in [-0.4, -0.2) is 35.7 Å². The van der Waals surface area contributed by atoms with Crippen molar-refractivity contribution >= 4 is 23.4 Å². The van der Waals surface area contributed by atoms with Gasteiger partial charge in [0.2, 0.25) is 0 Å². The largest absolute Gasteiger partial charge is 0.477 e. The molecule has 1 N–H and O–H groups in total. The van der Waals surface area contributed by atoms with Gasteiger partial charge in [-0.25, -0.2) is 13.6 Å². The van der Waals surface area contributed by atoms with Crippen LogP contribution in [-0.2, 0) is 0 Å². The number of rotatable bonds is 2. The number of nitrogens with zero attached hydrogens (tertiary/aromatic N) is 1. The van der Waals surface area contributed by atoms with E-state index < -0.39 is 23.2 Å². The number of hydrogen-bond acceptors (Lipinski definition) is 3. The smallest absolute Gasteiger partial charge is 0.341 e. The molecule has 1 aromatic rings. The first kappa shape index (κ1) is 12.2. The Kier molecular flexibility index (Phi) is 3.51. The van der Waals surface area contributed by atoms with E-state index in [1.165, 1.54) is 0 Å². The Morgan fingerprint density at radius 2 is 1.76 bits per heavy atom. The molecule has 1 aliphatic heterocycles. The second-order valence-electron chi connectivity index (χ2n) is 3.69. The lowest BCUT2D eigenvalue weighted by molar-refractivity contribution is 0.0686. The van der Waals surface area contributed by atoms with Gasteiger partial charge in [0.1, 0.15) is 17.2 Å². The maximum Gasteiger partial charge on any atom is 0.341 e. The zero-order valence-electron chi connectivity index (χ0n) is 8.95. The average molecular weight is 259 g/mol. The van der Waals surface area contributed by atoms with Crippen molar-refractivity contribution in [2.45, 2.75) is 0 Å². The fourth-order valence-electron chi connectivity index (χ4n) is 1.77. The molecule has 92 valence electrons. The van der Waals surface area contributed by atoms with Crippen LogP contribution in [0.4, 0.5) is 14.5 Å². The molecule has 1 heterocycles. The summed E-state index contributed by atoms with van der Waals surface area (Å²) in [7, 11) is 0. The fraction of sp³-hybridized carbons (Fsp3) is 0.364. The van der Waals surface area contributed by atoms with Gasteiger partial charge in [-0.2, -0.15) is 11.8 Å². The van der Waals surface area contributed by atoms with E-state index >= 15 is 0 Å². The number of carboxylic acids is 1. The van der Waals surface area contributed by atoms with E-state index in [0.29, 0.717) is 5.69 Å². The normalized spacial score (nSPS) is 16.0. The van der Waals surface area contributed by atoms with Gasteiger partial charge in [-0.15, -0.1) is 0 Å². The van der Waals surface area contributed by atoms with E-state index in [0.717, 1.165) is 36.7 Å². The molecule has 6 heteroatoms. The molecule has 0 aromatic heterocycles. The predicted octanol–water partition coefficient (Wildman–Crippen LogP) is 2.22. The molecule has 3 nitrogen and oxygen atoms in total. The standard InChI is InChI=1S/C11H11F2NO2S/c12-8-5-7(14-1-3-17-4-2-14)6-9(13)10(8)11(15)16/h5-6H,1-4H2,(H,15,16). The Hall–Kier alpha value is -1.30. The third-order valence-corrected chi connectivity index (χ3v) is 3.56. The topological polar surface area (TPSA) is 40.5 Å². The molecule has 0 amide bonds. The van der Waals surface area contributed by atoms with Crippen LogP contribution in [0.5, 0.6) is 0 Å². The predicted molar refractivity (Wildman–Crippen MR) is 62.9 cm³/mol. The summed E-state index contributed by atoms with van der Waals surface area (Å²) in [5.74, 6) is -1.81. The molecule has 0 atom stereocenters. The van der Waals surface area contributed by atoms with Crippen LogP contribution < -0.4 is 4.90 Å². The maximum absolute atomic E-state index is 13.5. The molecule has 1 fully saturated rings. The van der Waals surface area contributed by atoms with Crippen molar-refractivity contribution in [1.82, 2.24) is 0 Å². The molecule has 1 aromatic carbocycles. The van der Waals surface area contributed by atoms with Gasteiger partial charge in [-0.3, -0.25) is 0 Å². The highest BCUT2D eigenvalue weighted by molar-refractivity contribution is 7.99. The molecular formula is C11H11F2NO2S. The molecule has 0 spiro atoms. The van der Waals surface area contributed by atoms with Gasteiger partial charge in [-0.05, 0) is 12.1 Å². The first-order valence-corrected chi connectivity index (χ1v) is 6.30. The molecular weight excluding hydrogens is 248 g/mol. The first-order chi connectivity index (χ1) is 8.09. The lowest BCUT2D eigenvalue weighted by Gasteiger charge is -2.28. The van der Waals surface area contributed by atoms with Crippen LogP contribution in [0.25, 0.3) is 0 Å². The van der Waals surface area contributed by atoms with Crippen LogP contribution in [0.1, 0.15) is 10.4 Å². The van der Waals surface area contributed by atoms with Gasteiger partial charge in [0.25, 0.3) is 0 Å². The number of hydrogen-bond donors (Lipinski definition) is 1. The SMILES string of the molecule is O=C(O)c1c(F)cc(N2CCSCC2)cc1F. The summed E-state index contributed by atoms with van der Waals surface area (Å²) in [6, 6.07) is 2.17. The van der Waals surface area contributed by atoms with E-state index in [9.17, 15) is 13.6 Å². The number of aromatic carboxylic acids is 1. The molecule has 2 rings (SSSR count). The summed E-state index contributed by atoms with van der Waals surface area (Å²) in [5.41, 5.74) is -0.481. The molecule has 0 aliphatic carbocycles. The van der Waals surface area contributed by atoms with E-state index in [2.05, 4.69) is 0 Å². The van der Waals surface area contributed by atoms with Crippen LogP contribution in [0.2, 0.25) is 0 Å². The van der Waals surface area contributed by atoms with Crippen molar-refractivity contribution in [1.29, 1.82) is 0 Å². The van der Waals surface area contributed by atoms with Crippen molar-refractivity contribution in [2.75, 3.05) is 29.5 Å². The van der Waals surface area contributed by atoms with Gasteiger partial charge < -0.3 is 10.0 Å². The lowest BCUT2D eigenvalue weighted by Crippen LogP contribution is -2.32. The third-order valence-electron chi connectivity index (χ3n) is 2.62. The quantitative estimate of drug-likeness (QED) is 0.884. The van der Waals surface area contributed by atoms with Gasteiger partial charge in [0.05, 0.1) is 0 Å². The van der Waals surface area contributed by atoms with Crippen molar-refractivity contribution < 1.29 is 18.7 Å². The second-order valence-corrected chi connectivity index (χ2v) is 4.91. The summed E-state index contributed by atoms with van der Waals surface area (Å²) >= 11 is 1.79. The fourth-order valence-corrected chi connectivity index (χ4v) is 2.67. The summed E-state index contributed by atoms with van der Waals surface area (Å²) in [4.78, 5) is 12.5. The van der Waals surface area contributed by atoms with Gasteiger partial charge in [-0.1, -0.05) is 0 Å². The van der Waals surface area contributed by atoms with Crippen LogP contribution in [0.15, 0.2) is 12.1 Å². The third kappa shape index (κ3) is 2.52. The Balaban J connectivity index is 2.34. The highest BCUT2D eigenvalue weighted by Gasteiger charge is 2.20. The number of benzene rings is 1. The van der Waals surface area contributed by atoms with Crippen molar-refractivity contribution in [3.8, 4) is 0 Å². The van der Waals surface area contributed by atoms with E-state index in [-0.39, 0.29) is 0 Å². The Bertz CT molecular complexity index is 424. The Labute approximate surface area is 101 Å². The van der Waals surface area contributed by atoms with Crippen molar-refractivity contribution in [3.05, 3.63) is 29.3 Å². The minimum absolute atomic E-state index is 0.408. The zero-order valence-corrected chi connectivity index (χ0v) is 9.77. The molecule has 0 unspecified atom stereocenters. The van der Waals surface area contributed by atoms with E-state index in [1.807, 2.05) is 4.90 Å². The van der Waals surface area contributed by atoms with Crippen molar-refractivity contribution in [2.24, 2.45) is 0 Å². The van der Waals surface area contributed by atoms with Crippen LogP contribution >= 0.6 is 11.8 Å². The van der Waals surface area contributed by atoms with Gasteiger partial charge in [0.15, 0.2) is 0 Å².